The lowest BCUT2D eigenvalue weighted by molar-refractivity contribution is 0.392. The average Bonchev–Trinajstić information content (AvgIpc) is 1.81. The normalized spacial score (nSPS) is 10.2. The van der Waals surface area contributed by atoms with Gasteiger partial charge in [-0.1, -0.05) is 13.3 Å². The summed E-state index contributed by atoms with van der Waals surface area (Å²) in [6, 6.07) is 0. The fourth-order valence-corrected chi connectivity index (χ4v) is 0.458. The molecule has 0 fully saturated rings. The van der Waals surface area contributed by atoms with Crippen LogP contribution in [-0.2, 0) is 4.74 Å². The van der Waals surface area contributed by atoms with Gasteiger partial charge in [0, 0.05) is 0 Å². The summed E-state index contributed by atoms with van der Waals surface area (Å²) in [5.41, 5.74) is 0. The van der Waals surface area contributed by atoms with Crippen LogP contribution in [0.3, 0.4) is 0 Å². The van der Waals surface area contributed by atoms with Gasteiger partial charge in [0.15, 0.2) is 0 Å². The maximum Gasteiger partial charge on any atom is 0.121 e. The largest absolute Gasteiger partial charge is 0.498 e. The molecule has 0 saturated carbocycles. The Bertz CT molecular complexity index is 57.4. The van der Waals surface area contributed by atoms with Crippen molar-refractivity contribution in [3.8, 4) is 0 Å². The highest BCUT2D eigenvalue weighted by atomic mass is 16.5. The van der Waals surface area contributed by atoms with E-state index >= 15 is 0 Å². The molecule has 0 aromatic rings. The minimum Gasteiger partial charge on any atom is -0.498 e. The Morgan fingerprint density at radius 3 is 2.88 bits per heavy atom. The van der Waals surface area contributed by atoms with Gasteiger partial charge in [0.2, 0.25) is 0 Å². The maximum atomic E-state index is 4.46. The van der Waals surface area contributed by atoms with Crippen molar-refractivity contribution in [2.45, 2.75) is 26.2 Å². The first-order valence-electron chi connectivity index (χ1n) is 2.97. The lowest BCUT2D eigenvalue weighted by atomic mass is 10.2. The van der Waals surface area contributed by atoms with E-state index in [9.17, 15) is 0 Å². The fourth-order valence-electron chi connectivity index (χ4n) is 0.458. The molecule has 0 aliphatic rings. The van der Waals surface area contributed by atoms with E-state index in [1.807, 2.05) is 6.08 Å². The van der Waals surface area contributed by atoms with Crippen molar-refractivity contribution in [3.05, 3.63) is 19.4 Å². The Kier molecular flexibility index (Phi) is 6.16. The van der Waals surface area contributed by atoms with Crippen molar-refractivity contribution in [1.82, 2.24) is 0 Å². The molecule has 0 atom stereocenters. The Hall–Kier alpha value is -0.460. The minimum atomic E-state index is 1.10. The molecule has 0 saturated heterocycles. The van der Waals surface area contributed by atoms with Crippen molar-refractivity contribution in [2.24, 2.45) is 0 Å². The topological polar surface area (TPSA) is 9.23 Å². The number of hydrogen-bond donors (Lipinski definition) is 0. The van der Waals surface area contributed by atoms with Crippen LogP contribution in [0, 0.1) is 7.11 Å². The first kappa shape index (κ1) is 7.54. The summed E-state index contributed by atoms with van der Waals surface area (Å²) in [6.45, 7) is 2.17. The summed E-state index contributed by atoms with van der Waals surface area (Å²) >= 11 is 0. The van der Waals surface area contributed by atoms with Gasteiger partial charge < -0.3 is 4.74 Å². The number of allylic oxidation sites excluding steroid dienone is 1. The zero-order valence-corrected chi connectivity index (χ0v) is 5.39. The van der Waals surface area contributed by atoms with Gasteiger partial charge in [0.1, 0.15) is 7.11 Å². The van der Waals surface area contributed by atoms with E-state index in [0.29, 0.717) is 0 Å². The van der Waals surface area contributed by atoms with Crippen molar-refractivity contribution in [2.75, 3.05) is 0 Å². The molecule has 1 nitrogen and oxygen atoms in total. The Labute approximate surface area is 51.4 Å². The van der Waals surface area contributed by atoms with Crippen LogP contribution in [0.15, 0.2) is 12.3 Å². The van der Waals surface area contributed by atoms with Crippen LogP contribution in [0.2, 0.25) is 0 Å². The minimum absolute atomic E-state index is 1.10. The molecule has 0 aliphatic heterocycles. The summed E-state index contributed by atoms with van der Waals surface area (Å²) in [5, 5.41) is 0. The molecule has 0 aromatic heterocycles. The van der Waals surface area contributed by atoms with Crippen molar-refractivity contribution in [3.63, 3.8) is 0 Å². The van der Waals surface area contributed by atoms with Crippen LogP contribution in [-0.4, -0.2) is 0 Å². The van der Waals surface area contributed by atoms with Crippen molar-refractivity contribution < 1.29 is 4.74 Å². The quantitative estimate of drug-likeness (QED) is 0.402. The molecule has 47 valence electrons. The van der Waals surface area contributed by atoms with E-state index in [1.54, 1.807) is 6.26 Å². The maximum absolute atomic E-state index is 4.46. The van der Waals surface area contributed by atoms with Gasteiger partial charge >= 0.3 is 0 Å². The van der Waals surface area contributed by atoms with Gasteiger partial charge in [-0.2, -0.15) is 0 Å². The van der Waals surface area contributed by atoms with Gasteiger partial charge in [0.25, 0.3) is 0 Å². The predicted molar refractivity (Wildman–Crippen MR) is 35.1 cm³/mol. The first-order chi connectivity index (χ1) is 3.91. The van der Waals surface area contributed by atoms with Gasteiger partial charge in [-0.3, -0.25) is 0 Å². The summed E-state index contributed by atoms with van der Waals surface area (Å²) in [5.74, 6) is 0. The smallest absolute Gasteiger partial charge is 0.121 e. The Morgan fingerprint density at radius 1 is 1.62 bits per heavy atom. The van der Waals surface area contributed by atoms with Crippen LogP contribution in [0.4, 0.5) is 0 Å². The standard InChI is InChI=1S/C7H13O/c1-3-4-5-6-7-8-2/h6-7H,2-5H2,1H3/b7-6+. The molecule has 0 bridgehead atoms. The summed E-state index contributed by atoms with van der Waals surface area (Å²) in [4.78, 5) is 0. The molecule has 0 unspecified atom stereocenters. The molecule has 0 aliphatic carbocycles. The van der Waals surface area contributed by atoms with Crippen LogP contribution >= 0.6 is 0 Å². The molecule has 0 rings (SSSR count). The highest BCUT2D eigenvalue weighted by molar-refractivity contribution is 4.72. The predicted octanol–water partition coefficient (Wildman–Crippen LogP) is 2.50. The fraction of sp³-hybridized carbons (Fsp3) is 0.571. The second-order valence-electron chi connectivity index (χ2n) is 1.68. The second-order valence-corrected chi connectivity index (χ2v) is 1.68. The van der Waals surface area contributed by atoms with E-state index in [-0.39, 0.29) is 0 Å². The lowest BCUT2D eigenvalue weighted by Crippen LogP contribution is -1.66. The molecule has 1 heteroatoms. The average molecular weight is 113 g/mol. The van der Waals surface area contributed by atoms with Crippen LogP contribution in [0.5, 0.6) is 0 Å². The number of hydrogen-bond acceptors (Lipinski definition) is 1. The molecule has 0 amide bonds. The van der Waals surface area contributed by atoms with Gasteiger partial charge in [-0.25, -0.2) is 0 Å². The van der Waals surface area contributed by atoms with Crippen LogP contribution in [0.1, 0.15) is 26.2 Å². The molecule has 1 radical (unpaired) electrons. The number of ether oxygens (including phenoxy) is 1. The molecule has 0 heterocycles. The van der Waals surface area contributed by atoms with Gasteiger partial charge in [-0.05, 0) is 18.9 Å². The van der Waals surface area contributed by atoms with E-state index in [2.05, 4.69) is 18.8 Å². The third-order valence-corrected chi connectivity index (χ3v) is 0.917. The van der Waals surface area contributed by atoms with E-state index in [0.717, 1.165) is 6.42 Å². The third kappa shape index (κ3) is 5.54. The van der Waals surface area contributed by atoms with Gasteiger partial charge in [0.05, 0.1) is 6.26 Å². The highest BCUT2D eigenvalue weighted by Crippen LogP contribution is 1.94. The van der Waals surface area contributed by atoms with E-state index in [4.69, 9.17) is 0 Å². The molecular formula is C7H13O. The Balaban J connectivity index is 2.80. The van der Waals surface area contributed by atoms with Gasteiger partial charge in [-0.15, -0.1) is 0 Å². The number of unbranched alkanes of at least 4 members (excludes halogenated alkanes) is 2. The van der Waals surface area contributed by atoms with Crippen LogP contribution < -0.4 is 0 Å². The molecule has 0 spiro atoms. The zero-order chi connectivity index (χ0) is 6.24. The van der Waals surface area contributed by atoms with Crippen molar-refractivity contribution in [1.29, 1.82) is 0 Å². The van der Waals surface area contributed by atoms with E-state index in [1.165, 1.54) is 12.8 Å². The summed E-state index contributed by atoms with van der Waals surface area (Å²) < 4.78 is 4.46. The SMILES string of the molecule is [CH2]O/C=C/CCCC. The third-order valence-electron chi connectivity index (χ3n) is 0.917. The molecule has 0 N–H and O–H groups in total. The van der Waals surface area contributed by atoms with E-state index < -0.39 is 0 Å². The molecule has 8 heavy (non-hydrogen) atoms. The zero-order valence-electron chi connectivity index (χ0n) is 5.39. The second kappa shape index (κ2) is 6.54. The summed E-state index contributed by atoms with van der Waals surface area (Å²) in [6.07, 6.45) is 7.18. The summed E-state index contributed by atoms with van der Waals surface area (Å²) in [7, 11) is 3.20. The monoisotopic (exact) mass is 113 g/mol. The molecule has 0 aromatic carbocycles. The molecular weight excluding hydrogens is 100 g/mol. The van der Waals surface area contributed by atoms with Crippen molar-refractivity contribution >= 4 is 0 Å². The van der Waals surface area contributed by atoms with Crippen LogP contribution in [0.25, 0.3) is 0 Å². The number of rotatable bonds is 4. The first-order valence-corrected chi connectivity index (χ1v) is 2.97. The highest BCUT2D eigenvalue weighted by Gasteiger charge is 1.75. The lowest BCUT2D eigenvalue weighted by Gasteiger charge is -1.86. The Morgan fingerprint density at radius 2 is 2.38 bits per heavy atom.